The van der Waals surface area contributed by atoms with Crippen LogP contribution in [-0.2, 0) is 34.6 Å². The third kappa shape index (κ3) is 3.74. The van der Waals surface area contributed by atoms with Crippen LogP contribution in [0.1, 0.15) is 12.5 Å². The minimum atomic E-state index is -4.76. The second-order valence-corrected chi connectivity index (χ2v) is 5.61. The van der Waals surface area contributed by atoms with Gasteiger partial charge in [-0.05, 0) is 18.6 Å². The minimum absolute atomic E-state index is 0.0854. The van der Waals surface area contributed by atoms with Crippen molar-refractivity contribution in [2.24, 2.45) is 0 Å². The van der Waals surface area contributed by atoms with Gasteiger partial charge in [0, 0.05) is 10.1 Å². The molecule has 0 amide bonds. The first kappa shape index (κ1) is 16.1. The third-order valence-corrected chi connectivity index (χ3v) is 3.87. The van der Waals surface area contributed by atoms with E-state index in [1.165, 1.54) is 6.92 Å². The highest BCUT2D eigenvalue weighted by Gasteiger charge is 2.32. The predicted molar refractivity (Wildman–Crippen MR) is 59.7 cm³/mol. The van der Waals surface area contributed by atoms with Gasteiger partial charge in [-0.3, -0.25) is 0 Å². The molecule has 0 spiro atoms. The Bertz CT molecular complexity index is 589. The van der Waals surface area contributed by atoms with Gasteiger partial charge in [0.15, 0.2) is 0 Å². The maximum absolute atomic E-state index is 13.5. The van der Waals surface area contributed by atoms with Gasteiger partial charge in [0.05, 0.1) is 11.8 Å². The number of halogens is 2. The molecule has 1 atom stereocenters. The number of hydrogen-bond acceptors (Lipinski definition) is 6. The lowest BCUT2D eigenvalue weighted by Crippen LogP contribution is -2.12. The lowest BCUT2D eigenvalue weighted by molar-refractivity contribution is -0.0964. The van der Waals surface area contributed by atoms with E-state index in [0.717, 1.165) is 13.2 Å². The monoisotopic (exact) mass is 315 g/mol. The van der Waals surface area contributed by atoms with Crippen LogP contribution in [0.25, 0.3) is 0 Å². The van der Waals surface area contributed by atoms with Crippen LogP contribution in [0.4, 0.5) is 8.78 Å². The molecular formula is C9H10F2O6PS+. The molecule has 0 N–H and O–H groups in total. The second kappa shape index (κ2) is 6.44. The maximum atomic E-state index is 13.5. The summed E-state index contributed by atoms with van der Waals surface area (Å²) in [4.78, 5) is -0.991. The summed E-state index contributed by atoms with van der Waals surface area (Å²) >= 11 is 0. The van der Waals surface area contributed by atoms with Crippen molar-refractivity contribution >= 4 is 18.4 Å². The van der Waals surface area contributed by atoms with Crippen LogP contribution in [-0.4, -0.2) is 15.5 Å². The van der Waals surface area contributed by atoms with E-state index < -0.39 is 40.5 Å². The SMILES string of the molecule is CCc1c(F)ccc(F)c1S(=O)(=O)OO[P+](=O)OC. The molecule has 0 saturated heterocycles. The first-order valence-electron chi connectivity index (χ1n) is 4.93. The quantitative estimate of drug-likeness (QED) is 0.456. The van der Waals surface area contributed by atoms with Gasteiger partial charge in [-0.2, -0.15) is 8.42 Å². The summed E-state index contributed by atoms with van der Waals surface area (Å²) in [6.07, 6.45) is -0.0854. The molecule has 0 aliphatic heterocycles. The molecule has 1 rings (SSSR count). The van der Waals surface area contributed by atoms with E-state index in [9.17, 15) is 21.8 Å². The zero-order valence-electron chi connectivity index (χ0n) is 9.92. The normalized spacial score (nSPS) is 12.5. The van der Waals surface area contributed by atoms with E-state index in [0.29, 0.717) is 6.07 Å². The summed E-state index contributed by atoms with van der Waals surface area (Å²) in [7, 11) is -6.61. The Balaban J connectivity index is 3.21. The van der Waals surface area contributed by atoms with Gasteiger partial charge in [0.1, 0.15) is 16.5 Å². The zero-order chi connectivity index (χ0) is 14.6. The van der Waals surface area contributed by atoms with Crippen molar-refractivity contribution in [1.29, 1.82) is 0 Å². The fourth-order valence-corrected chi connectivity index (χ4v) is 2.80. The second-order valence-electron chi connectivity index (χ2n) is 3.19. The van der Waals surface area contributed by atoms with Gasteiger partial charge < -0.3 is 0 Å². The van der Waals surface area contributed by atoms with Crippen LogP contribution < -0.4 is 0 Å². The largest absolute Gasteiger partial charge is 0.729 e. The van der Waals surface area contributed by atoms with Gasteiger partial charge in [0.2, 0.25) is 0 Å². The van der Waals surface area contributed by atoms with Crippen molar-refractivity contribution in [1.82, 2.24) is 0 Å². The molecule has 1 aromatic carbocycles. The van der Waals surface area contributed by atoms with Crippen LogP contribution in [0, 0.1) is 11.6 Å². The predicted octanol–water partition coefficient (Wildman–Crippen LogP) is 2.47. The highest BCUT2D eigenvalue weighted by atomic mass is 32.2. The number of rotatable bonds is 6. The Morgan fingerprint density at radius 3 is 2.37 bits per heavy atom. The Morgan fingerprint density at radius 1 is 1.26 bits per heavy atom. The molecule has 0 aromatic heterocycles. The van der Waals surface area contributed by atoms with E-state index in [1.54, 1.807) is 0 Å². The van der Waals surface area contributed by atoms with Gasteiger partial charge in [-0.1, -0.05) is 11.3 Å². The third-order valence-electron chi connectivity index (χ3n) is 2.09. The first-order chi connectivity index (χ1) is 8.83. The average molecular weight is 315 g/mol. The topological polar surface area (TPSA) is 78.9 Å². The summed E-state index contributed by atoms with van der Waals surface area (Å²) in [5.41, 5.74) is -0.392. The van der Waals surface area contributed by atoms with Crippen molar-refractivity contribution in [2.75, 3.05) is 7.11 Å². The lowest BCUT2D eigenvalue weighted by atomic mass is 10.1. The van der Waals surface area contributed by atoms with Crippen LogP contribution in [0.3, 0.4) is 0 Å². The Morgan fingerprint density at radius 2 is 1.84 bits per heavy atom. The van der Waals surface area contributed by atoms with Crippen molar-refractivity contribution in [3.63, 3.8) is 0 Å². The van der Waals surface area contributed by atoms with Crippen LogP contribution in [0.2, 0.25) is 0 Å². The molecule has 1 unspecified atom stereocenters. The summed E-state index contributed by atoms with van der Waals surface area (Å²) in [6, 6.07) is 1.44. The number of hydrogen-bond donors (Lipinski definition) is 0. The molecule has 0 bridgehead atoms. The molecule has 0 aliphatic carbocycles. The van der Waals surface area contributed by atoms with E-state index in [-0.39, 0.29) is 6.42 Å². The molecule has 19 heavy (non-hydrogen) atoms. The minimum Gasteiger partial charge on any atom is -0.207 e. The molecule has 0 fully saturated rings. The molecule has 106 valence electrons. The molecule has 0 radical (unpaired) electrons. The fraction of sp³-hybridized carbons (Fsp3) is 0.333. The summed E-state index contributed by atoms with van der Waals surface area (Å²) < 4.78 is 73.0. The molecule has 0 saturated carbocycles. The Kier molecular flexibility index (Phi) is 5.45. The zero-order valence-corrected chi connectivity index (χ0v) is 11.6. The molecule has 0 aliphatic rings. The summed E-state index contributed by atoms with van der Waals surface area (Å²) in [5, 5.41) is 0. The molecule has 1 aromatic rings. The van der Waals surface area contributed by atoms with Gasteiger partial charge >= 0.3 is 18.4 Å². The Hall–Kier alpha value is -0.990. The van der Waals surface area contributed by atoms with Crippen molar-refractivity contribution in [3.05, 3.63) is 29.3 Å². The molecule has 10 heteroatoms. The van der Waals surface area contributed by atoms with Crippen LogP contribution >= 0.6 is 8.25 Å². The molecule has 0 heterocycles. The standard InChI is InChI=1S/C9H10F2O6PS/c1-3-6-7(10)4-5-8(11)9(6)19(13,14)17-16-18(12)15-2/h4-5H,3H2,1-2H3/q+1. The van der Waals surface area contributed by atoms with E-state index in [4.69, 9.17) is 0 Å². The van der Waals surface area contributed by atoms with Gasteiger partial charge in [0.25, 0.3) is 0 Å². The van der Waals surface area contributed by atoms with E-state index in [2.05, 4.69) is 13.5 Å². The first-order valence-corrected chi connectivity index (χ1v) is 7.43. The highest BCUT2D eigenvalue weighted by molar-refractivity contribution is 7.86. The van der Waals surface area contributed by atoms with Crippen molar-refractivity contribution in [3.8, 4) is 0 Å². The molecule has 6 nitrogen and oxygen atoms in total. The maximum Gasteiger partial charge on any atom is 0.729 e. The summed E-state index contributed by atoms with van der Waals surface area (Å²) in [5.74, 6) is -2.10. The summed E-state index contributed by atoms with van der Waals surface area (Å²) in [6.45, 7) is 1.44. The molecular weight excluding hydrogens is 305 g/mol. The highest BCUT2D eigenvalue weighted by Crippen LogP contribution is 2.29. The van der Waals surface area contributed by atoms with E-state index in [1.807, 2.05) is 0 Å². The van der Waals surface area contributed by atoms with Crippen molar-refractivity contribution in [2.45, 2.75) is 18.2 Å². The Labute approximate surface area is 109 Å². The smallest absolute Gasteiger partial charge is 0.207 e. The van der Waals surface area contributed by atoms with Gasteiger partial charge in [-0.15, -0.1) is 4.52 Å². The van der Waals surface area contributed by atoms with Crippen LogP contribution in [0.5, 0.6) is 0 Å². The average Bonchev–Trinajstić information content (AvgIpc) is 2.38. The van der Waals surface area contributed by atoms with Crippen molar-refractivity contribution < 1.29 is 35.3 Å². The lowest BCUT2D eigenvalue weighted by Gasteiger charge is -2.08. The van der Waals surface area contributed by atoms with E-state index >= 15 is 0 Å². The number of benzene rings is 1. The van der Waals surface area contributed by atoms with Crippen LogP contribution in [0.15, 0.2) is 17.0 Å². The van der Waals surface area contributed by atoms with Gasteiger partial charge in [-0.25, -0.2) is 8.78 Å². The fourth-order valence-electron chi connectivity index (χ4n) is 1.30.